The van der Waals surface area contributed by atoms with Crippen molar-refractivity contribution in [2.45, 2.75) is 31.8 Å². The van der Waals surface area contributed by atoms with Crippen LogP contribution in [-0.2, 0) is 4.74 Å². The molecule has 7 heteroatoms. The van der Waals surface area contributed by atoms with Gasteiger partial charge >= 0.3 is 0 Å². The van der Waals surface area contributed by atoms with E-state index in [0.29, 0.717) is 17.8 Å². The lowest BCUT2D eigenvalue weighted by Gasteiger charge is -2.37. The fraction of sp³-hybridized carbons (Fsp3) is 0.269. The minimum Gasteiger partial charge on any atom is -0.377 e. The van der Waals surface area contributed by atoms with Crippen LogP contribution in [0.25, 0.3) is 11.4 Å². The molecule has 2 atom stereocenters. The molecule has 2 aliphatic heterocycles. The highest BCUT2D eigenvalue weighted by molar-refractivity contribution is 5.86. The molecular weight excluding hydrogens is 414 g/mol. The number of morpholine rings is 1. The van der Waals surface area contributed by atoms with Crippen LogP contribution in [0.4, 0.5) is 11.4 Å². The van der Waals surface area contributed by atoms with Gasteiger partial charge in [0.2, 0.25) is 5.43 Å². The van der Waals surface area contributed by atoms with E-state index in [1.807, 2.05) is 30.3 Å². The zero-order chi connectivity index (χ0) is 22.8. The second-order valence-corrected chi connectivity index (χ2v) is 8.51. The third kappa shape index (κ3) is 4.19. The Hall–Kier alpha value is -3.71. The van der Waals surface area contributed by atoms with Crippen molar-refractivity contribution in [3.8, 4) is 5.69 Å². The molecule has 2 bridgehead atoms. The molecule has 3 aromatic rings. The number of hydrogen-bond donors (Lipinski definition) is 2. The van der Waals surface area contributed by atoms with Crippen LogP contribution in [0.2, 0.25) is 0 Å². The summed E-state index contributed by atoms with van der Waals surface area (Å²) in [6, 6.07) is 18.4. The molecule has 0 radical (unpaired) electrons. The molecule has 2 aromatic carbocycles. The highest BCUT2D eigenvalue weighted by atomic mass is 16.5. The van der Waals surface area contributed by atoms with Crippen molar-refractivity contribution >= 4 is 23.3 Å². The first-order chi connectivity index (χ1) is 16.1. The molecule has 1 aromatic heterocycles. The van der Waals surface area contributed by atoms with E-state index in [0.717, 1.165) is 36.4 Å². The van der Waals surface area contributed by atoms with E-state index in [1.54, 1.807) is 17.0 Å². The van der Waals surface area contributed by atoms with E-state index in [1.165, 1.54) is 24.6 Å². The Labute approximate surface area is 192 Å². The van der Waals surface area contributed by atoms with E-state index in [4.69, 9.17) is 10.1 Å². The smallest absolute Gasteiger partial charge is 0.209 e. The van der Waals surface area contributed by atoms with Gasteiger partial charge in [-0.3, -0.25) is 4.79 Å². The summed E-state index contributed by atoms with van der Waals surface area (Å²) >= 11 is 0. The first-order valence-electron chi connectivity index (χ1n) is 11.2. The molecule has 2 unspecified atom stereocenters. The Morgan fingerprint density at radius 1 is 1.12 bits per heavy atom. The highest BCUT2D eigenvalue weighted by Gasteiger charge is 2.37. The van der Waals surface area contributed by atoms with Crippen LogP contribution in [0, 0.1) is 12.3 Å². The molecule has 3 heterocycles. The van der Waals surface area contributed by atoms with E-state index in [9.17, 15) is 4.79 Å². The quantitative estimate of drug-likeness (QED) is 0.565. The average molecular weight is 442 g/mol. The van der Waals surface area contributed by atoms with Gasteiger partial charge in [-0.15, -0.1) is 0 Å². The fourth-order valence-electron chi connectivity index (χ4n) is 4.78. The molecule has 33 heavy (non-hydrogen) atoms. The zero-order valence-electron chi connectivity index (χ0n) is 18.6. The molecular formula is C26H27N5O2. The van der Waals surface area contributed by atoms with Crippen molar-refractivity contribution in [1.29, 1.82) is 5.41 Å². The summed E-state index contributed by atoms with van der Waals surface area (Å²) in [5, 5.41) is 15.4. The molecule has 168 valence electrons. The van der Waals surface area contributed by atoms with Gasteiger partial charge in [0.05, 0.1) is 36.7 Å². The molecule has 2 fully saturated rings. The Kier molecular flexibility index (Phi) is 5.79. The molecule has 0 spiro atoms. The van der Waals surface area contributed by atoms with Crippen LogP contribution in [0.1, 0.15) is 24.1 Å². The van der Waals surface area contributed by atoms with Crippen molar-refractivity contribution in [2.75, 3.05) is 23.4 Å². The average Bonchev–Trinajstić information content (AvgIpc) is 3.08. The first-order valence-corrected chi connectivity index (χ1v) is 11.2. The number of anilines is 2. The second-order valence-electron chi connectivity index (χ2n) is 8.51. The van der Waals surface area contributed by atoms with Gasteiger partial charge in [0.25, 0.3) is 0 Å². The zero-order valence-corrected chi connectivity index (χ0v) is 18.6. The molecule has 5 rings (SSSR count). The summed E-state index contributed by atoms with van der Waals surface area (Å²) in [5.74, 6) is 0. The summed E-state index contributed by atoms with van der Waals surface area (Å²) in [4.78, 5) is 15.2. The van der Waals surface area contributed by atoms with Crippen molar-refractivity contribution in [2.24, 2.45) is 0 Å². The summed E-state index contributed by atoms with van der Waals surface area (Å²) in [6.07, 6.45) is 6.74. The van der Waals surface area contributed by atoms with Gasteiger partial charge < -0.3 is 20.4 Å². The van der Waals surface area contributed by atoms with Gasteiger partial charge in [-0.05, 0) is 61.7 Å². The maximum atomic E-state index is 12.7. The van der Waals surface area contributed by atoms with Crippen LogP contribution < -0.4 is 15.6 Å². The highest BCUT2D eigenvalue weighted by Crippen LogP contribution is 2.35. The maximum Gasteiger partial charge on any atom is 0.209 e. The lowest BCUT2D eigenvalue weighted by atomic mass is 10.1. The molecule has 2 aliphatic rings. The molecule has 2 saturated heterocycles. The largest absolute Gasteiger partial charge is 0.377 e. The molecule has 7 nitrogen and oxygen atoms in total. The SMILES string of the molecule is Cc1cc(N2C3CCC2COC3)ccc1-n1ccc(=O)c(/C(=C/C=N)Nc2ccccc2)n1. The van der Waals surface area contributed by atoms with Gasteiger partial charge in [0.15, 0.2) is 5.69 Å². The van der Waals surface area contributed by atoms with Crippen molar-refractivity contribution in [1.82, 2.24) is 9.78 Å². The Balaban J connectivity index is 1.48. The topological polar surface area (TPSA) is 83.2 Å². The van der Waals surface area contributed by atoms with Crippen LogP contribution in [0.5, 0.6) is 0 Å². The number of aromatic nitrogens is 2. The third-order valence-corrected chi connectivity index (χ3v) is 6.33. The molecule has 0 aliphatic carbocycles. The Morgan fingerprint density at radius 2 is 1.88 bits per heavy atom. The van der Waals surface area contributed by atoms with Gasteiger partial charge in [0, 0.05) is 29.9 Å². The first kappa shape index (κ1) is 21.2. The number of fused-ring (bicyclic) bond motifs is 2. The summed E-state index contributed by atoms with van der Waals surface area (Å²) in [5.41, 5.74) is 4.56. The van der Waals surface area contributed by atoms with Crippen molar-refractivity contribution < 1.29 is 4.74 Å². The number of hydrogen-bond acceptors (Lipinski definition) is 6. The molecule has 2 N–H and O–H groups in total. The Bertz CT molecular complexity index is 1240. The third-order valence-electron chi connectivity index (χ3n) is 6.33. The lowest BCUT2D eigenvalue weighted by molar-refractivity contribution is 0.0906. The number of allylic oxidation sites excluding steroid dienone is 1. The normalized spacial score (nSPS) is 20.0. The number of aryl methyl sites for hydroxylation is 1. The van der Waals surface area contributed by atoms with E-state index < -0.39 is 0 Å². The summed E-state index contributed by atoms with van der Waals surface area (Å²) in [7, 11) is 0. The molecule has 0 amide bonds. The van der Waals surface area contributed by atoms with Gasteiger partial charge in [0.1, 0.15) is 0 Å². The second kappa shape index (κ2) is 9.03. The van der Waals surface area contributed by atoms with Gasteiger partial charge in [-0.25, -0.2) is 4.68 Å². The van der Waals surface area contributed by atoms with E-state index >= 15 is 0 Å². The van der Waals surface area contributed by atoms with Gasteiger partial charge in [-0.2, -0.15) is 5.10 Å². The predicted octanol–water partition coefficient (Wildman–Crippen LogP) is 4.01. The number of rotatable bonds is 6. The minimum absolute atomic E-state index is 0.207. The van der Waals surface area contributed by atoms with Gasteiger partial charge in [-0.1, -0.05) is 18.2 Å². The van der Waals surface area contributed by atoms with E-state index in [2.05, 4.69) is 40.4 Å². The number of nitrogens with zero attached hydrogens (tertiary/aromatic N) is 3. The number of nitrogens with one attached hydrogen (secondary N) is 2. The standard InChI is InChI=1S/C26H27N5O2/c1-18-15-20(31-21-7-8-22(31)17-33-16-21)9-10-24(18)30-14-12-25(32)26(29-30)23(11-13-27)28-19-5-3-2-4-6-19/h2-6,9-15,21-22,27-28H,7-8,16-17H2,1H3/b23-11-,27-13?. The minimum atomic E-state index is -0.207. The fourth-order valence-corrected chi connectivity index (χ4v) is 4.78. The maximum absolute atomic E-state index is 12.7. The van der Waals surface area contributed by atoms with E-state index in [-0.39, 0.29) is 11.1 Å². The Morgan fingerprint density at radius 3 is 2.58 bits per heavy atom. The van der Waals surface area contributed by atoms with Crippen molar-refractivity contribution in [3.63, 3.8) is 0 Å². The summed E-state index contributed by atoms with van der Waals surface area (Å²) < 4.78 is 7.46. The van der Waals surface area contributed by atoms with Crippen LogP contribution >= 0.6 is 0 Å². The van der Waals surface area contributed by atoms with Crippen molar-refractivity contribution in [3.05, 3.63) is 88.4 Å². The summed E-state index contributed by atoms with van der Waals surface area (Å²) in [6.45, 7) is 3.65. The number of para-hydroxylation sites is 1. The number of benzene rings is 2. The lowest BCUT2D eigenvalue weighted by Crippen LogP contribution is -2.45. The predicted molar refractivity (Wildman–Crippen MR) is 132 cm³/mol. The molecule has 0 saturated carbocycles. The van der Waals surface area contributed by atoms with Crippen LogP contribution in [-0.4, -0.2) is 41.3 Å². The monoisotopic (exact) mass is 441 g/mol. The number of ether oxygens (including phenoxy) is 1. The van der Waals surface area contributed by atoms with Crippen LogP contribution in [0.15, 0.2) is 71.7 Å². The van der Waals surface area contributed by atoms with Crippen LogP contribution in [0.3, 0.4) is 0 Å².